The number of nitrogens with zero attached hydrogens (tertiary/aromatic N) is 1. The molecule has 0 aliphatic carbocycles. The van der Waals surface area contributed by atoms with Gasteiger partial charge < -0.3 is 9.67 Å². The molecule has 0 aliphatic heterocycles. The Hall–Kier alpha value is -2.33. The molecule has 0 atom stereocenters. The number of carbonyl (C=O) groups excluding carboxylic acids is 1. The summed E-state index contributed by atoms with van der Waals surface area (Å²) in [7, 11) is 1.75. The van der Waals surface area contributed by atoms with Gasteiger partial charge in [-0.1, -0.05) is 11.6 Å². The summed E-state index contributed by atoms with van der Waals surface area (Å²) in [6, 6.07) is 8.27. The van der Waals surface area contributed by atoms with Gasteiger partial charge in [0.25, 0.3) is 0 Å². The molecule has 0 amide bonds. The minimum absolute atomic E-state index is 0.132. The predicted molar refractivity (Wildman–Crippen MR) is 77.0 cm³/mol. The van der Waals surface area contributed by atoms with Crippen LogP contribution in [0.15, 0.2) is 42.6 Å². The molecule has 102 valence electrons. The van der Waals surface area contributed by atoms with Crippen LogP contribution in [0.1, 0.15) is 21.6 Å². The average Bonchev–Trinajstić information content (AvgIpc) is 2.78. The van der Waals surface area contributed by atoms with E-state index < -0.39 is 5.97 Å². The molecule has 0 radical (unpaired) electrons. The van der Waals surface area contributed by atoms with Gasteiger partial charge in [-0.25, -0.2) is 4.79 Å². The van der Waals surface area contributed by atoms with Crippen LogP contribution < -0.4 is 0 Å². The number of hydrogen-bond donors (Lipinski definition) is 1. The Balaban J connectivity index is 2.29. The van der Waals surface area contributed by atoms with Crippen molar-refractivity contribution in [3.05, 3.63) is 64.4 Å². The van der Waals surface area contributed by atoms with Gasteiger partial charge in [-0.05, 0) is 36.4 Å². The molecule has 5 heteroatoms. The van der Waals surface area contributed by atoms with Gasteiger partial charge in [0.05, 0.1) is 0 Å². The third-order valence-corrected chi connectivity index (χ3v) is 3.06. The van der Waals surface area contributed by atoms with E-state index in [-0.39, 0.29) is 5.78 Å². The molecule has 1 heterocycles. The van der Waals surface area contributed by atoms with Crippen molar-refractivity contribution in [2.24, 2.45) is 7.05 Å². The third kappa shape index (κ3) is 3.16. The lowest BCUT2D eigenvalue weighted by molar-refractivity contribution is -0.131. The first-order valence-electron chi connectivity index (χ1n) is 5.85. The van der Waals surface area contributed by atoms with Crippen molar-refractivity contribution in [1.29, 1.82) is 0 Å². The van der Waals surface area contributed by atoms with E-state index in [2.05, 4.69) is 0 Å². The lowest BCUT2D eigenvalue weighted by Gasteiger charge is -1.98. The van der Waals surface area contributed by atoms with Crippen LogP contribution >= 0.6 is 11.6 Å². The standard InChI is InChI=1S/C15H12ClNO3/c1-17-9-11(8-13(17)6-7-14(18)19)15(20)10-2-4-12(16)5-3-10/h2-9H,1H3,(H,18,19)/b7-6+. The number of rotatable bonds is 4. The SMILES string of the molecule is Cn1cc(C(=O)c2ccc(Cl)cc2)cc1/C=C/C(=O)O. The second-order valence-electron chi connectivity index (χ2n) is 4.27. The normalized spacial score (nSPS) is 10.9. The summed E-state index contributed by atoms with van der Waals surface area (Å²) in [5.74, 6) is -1.16. The maximum absolute atomic E-state index is 12.3. The molecule has 1 aromatic heterocycles. The van der Waals surface area contributed by atoms with Crippen LogP contribution in [-0.4, -0.2) is 21.4 Å². The number of carbonyl (C=O) groups is 2. The lowest BCUT2D eigenvalue weighted by Crippen LogP contribution is -1.99. The van der Waals surface area contributed by atoms with Gasteiger partial charge in [0.15, 0.2) is 5.78 Å². The summed E-state index contributed by atoms with van der Waals surface area (Å²) in [6.45, 7) is 0. The maximum atomic E-state index is 12.3. The highest BCUT2D eigenvalue weighted by molar-refractivity contribution is 6.30. The van der Waals surface area contributed by atoms with Crippen LogP contribution in [0.3, 0.4) is 0 Å². The summed E-state index contributed by atoms with van der Waals surface area (Å²) in [6.07, 6.45) is 4.14. The van der Waals surface area contributed by atoms with Crippen LogP contribution in [0, 0.1) is 0 Å². The Morgan fingerprint density at radius 2 is 1.85 bits per heavy atom. The van der Waals surface area contributed by atoms with E-state index in [0.29, 0.717) is 21.8 Å². The zero-order chi connectivity index (χ0) is 14.7. The van der Waals surface area contributed by atoms with Crippen LogP contribution in [0.4, 0.5) is 0 Å². The first-order valence-corrected chi connectivity index (χ1v) is 6.23. The summed E-state index contributed by atoms with van der Waals surface area (Å²) in [5.41, 5.74) is 1.68. The number of carboxylic acids is 1. The van der Waals surface area contributed by atoms with Gasteiger partial charge in [-0.2, -0.15) is 0 Å². The molecule has 0 fully saturated rings. The molecule has 4 nitrogen and oxygen atoms in total. The molecular formula is C15H12ClNO3. The summed E-state index contributed by atoms with van der Waals surface area (Å²) in [5, 5.41) is 9.18. The van der Waals surface area contributed by atoms with Crippen molar-refractivity contribution in [1.82, 2.24) is 4.57 Å². The van der Waals surface area contributed by atoms with Crippen molar-refractivity contribution in [3.8, 4) is 0 Å². The highest BCUT2D eigenvalue weighted by atomic mass is 35.5. The van der Waals surface area contributed by atoms with E-state index in [1.165, 1.54) is 6.08 Å². The minimum Gasteiger partial charge on any atom is -0.478 e. The summed E-state index contributed by atoms with van der Waals surface area (Å²) in [4.78, 5) is 22.8. The molecular weight excluding hydrogens is 278 g/mol. The highest BCUT2D eigenvalue weighted by Crippen LogP contribution is 2.16. The van der Waals surface area contributed by atoms with E-state index in [1.54, 1.807) is 48.1 Å². The Bertz CT molecular complexity index is 684. The zero-order valence-electron chi connectivity index (χ0n) is 10.7. The number of carboxylic acid groups (broad SMARTS) is 1. The van der Waals surface area contributed by atoms with E-state index >= 15 is 0 Å². The van der Waals surface area contributed by atoms with E-state index in [1.807, 2.05) is 0 Å². The molecule has 1 aromatic carbocycles. The fourth-order valence-electron chi connectivity index (χ4n) is 1.80. The Kier molecular flexibility index (Phi) is 4.05. The quantitative estimate of drug-likeness (QED) is 0.695. The van der Waals surface area contributed by atoms with Crippen LogP contribution in [0.2, 0.25) is 5.02 Å². The topological polar surface area (TPSA) is 59.3 Å². The fraction of sp³-hybridized carbons (Fsp3) is 0.0667. The molecule has 0 bridgehead atoms. The second kappa shape index (κ2) is 5.75. The van der Waals surface area contributed by atoms with Crippen LogP contribution in [-0.2, 0) is 11.8 Å². The van der Waals surface area contributed by atoms with Crippen molar-refractivity contribution in [3.63, 3.8) is 0 Å². The number of aliphatic carboxylic acids is 1. The van der Waals surface area contributed by atoms with Crippen LogP contribution in [0.5, 0.6) is 0 Å². The van der Waals surface area contributed by atoms with Crippen molar-refractivity contribution in [2.45, 2.75) is 0 Å². The number of benzene rings is 1. The number of aromatic nitrogens is 1. The van der Waals surface area contributed by atoms with E-state index in [0.717, 1.165) is 6.08 Å². The van der Waals surface area contributed by atoms with E-state index in [4.69, 9.17) is 16.7 Å². The number of hydrogen-bond acceptors (Lipinski definition) is 2. The lowest BCUT2D eigenvalue weighted by atomic mass is 10.1. The molecule has 0 unspecified atom stereocenters. The first kappa shape index (κ1) is 14.1. The smallest absolute Gasteiger partial charge is 0.328 e. The number of aryl methyl sites for hydroxylation is 1. The van der Waals surface area contributed by atoms with Gasteiger partial charge in [0.2, 0.25) is 0 Å². The molecule has 0 saturated heterocycles. The van der Waals surface area contributed by atoms with E-state index in [9.17, 15) is 9.59 Å². The van der Waals surface area contributed by atoms with Gasteiger partial charge >= 0.3 is 5.97 Å². The minimum atomic E-state index is -1.03. The molecule has 2 aromatic rings. The van der Waals surface area contributed by atoms with Crippen molar-refractivity contribution in [2.75, 3.05) is 0 Å². The number of halogens is 1. The van der Waals surface area contributed by atoms with Gasteiger partial charge in [0, 0.05) is 41.2 Å². The fourth-order valence-corrected chi connectivity index (χ4v) is 1.92. The summed E-state index contributed by atoms with van der Waals surface area (Å²) < 4.78 is 1.70. The molecule has 0 saturated carbocycles. The van der Waals surface area contributed by atoms with Gasteiger partial charge in [0.1, 0.15) is 0 Å². The molecule has 2 rings (SSSR count). The molecule has 1 N–H and O–H groups in total. The van der Waals surface area contributed by atoms with Crippen molar-refractivity contribution >= 4 is 29.4 Å². The van der Waals surface area contributed by atoms with Gasteiger partial charge in [-0.3, -0.25) is 4.79 Å². The first-order chi connectivity index (χ1) is 9.47. The highest BCUT2D eigenvalue weighted by Gasteiger charge is 2.12. The number of ketones is 1. The summed E-state index contributed by atoms with van der Waals surface area (Å²) >= 11 is 5.78. The van der Waals surface area contributed by atoms with Crippen molar-refractivity contribution < 1.29 is 14.7 Å². The largest absolute Gasteiger partial charge is 0.478 e. The molecule has 0 aliphatic rings. The van der Waals surface area contributed by atoms with Crippen LogP contribution in [0.25, 0.3) is 6.08 Å². The Morgan fingerprint density at radius 3 is 2.45 bits per heavy atom. The zero-order valence-corrected chi connectivity index (χ0v) is 11.5. The monoisotopic (exact) mass is 289 g/mol. The average molecular weight is 290 g/mol. The third-order valence-electron chi connectivity index (χ3n) is 2.81. The maximum Gasteiger partial charge on any atom is 0.328 e. The second-order valence-corrected chi connectivity index (χ2v) is 4.71. The predicted octanol–water partition coefficient (Wildman–Crippen LogP) is 3.01. The molecule has 0 spiro atoms. The molecule has 20 heavy (non-hydrogen) atoms. The Morgan fingerprint density at radius 1 is 1.20 bits per heavy atom. The Labute approximate surface area is 120 Å². The van der Waals surface area contributed by atoms with Gasteiger partial charge in [-0.15, -0.1) is 0 Å².